The van der Waals surface area contributed by atoms with E-state index in [1.165, 1.54) is 0 Å². The normalized spacial score (nSPS) is 13.1. The van der Waals surface area contributed by atoms with Gasteiger partial charge >= 0.3 is 0 Å². The van der Waals surface area contributed by atoms with E-state index >= 15 is 0 Å². The van der Waals surface area contributed by atoms with Gasteiger partial charge in [-0.25, -0.2) is 0 Å². The second-order valence-electron chi connectivity index (χ2n) is 3.52. The van der Waals surface area contributed by atoms with E-state index in [4.69, 9.17) is 5.73 Å². The van der Waals surface area contributed by atoms with Gasteiger partial charge < -0.3 is 10.6 Å². The SMILES string of the molecule is CSCCN(C)C(=O)[C@H](N)C(C)C. The second kappa shape index (κ2) is 6.27. The van der Waals surface area contributed by atoms with Crippen molar-refractivity contribution in [2.24, 2.45) is 11.7 Å². The summed E-state index contributed by atoms with van der Waals surface area (Å²) in [5, 5.41) is 0. The summed E-state index contributed by atoms with van der Waals surface area (Å²) in [7, 11) is 1.81. The van der Waals surface area contributed by atoms with Crippen molar-refractivity contribution in [1.29, 1.82) is 0 Å². The molecule has 0 radical (unpaired) electrons. The lowest BCUT2D eigenvalue weighted by molar-refractivity contribution is -0.131. The first-order valence-corrected chi connectivity index (χ1v) is 5.89. The van der Waals surface area contributed by atoms with Gasteiger partial charge in [-0.1, -0.05) is 13.8 Å². The van der Waals surface area contributed by atoms with Crippen molar-refractivity contribution in [2.75, 3.05) is 25.6 Å². The lowest BCUT2D eigenvalue weighted by Gasteiger charge is -2.22. The third-order valence-electron chi connectivity index (χ3n) is 2.01. The fraction of sp³-hybridized carbons (Fsp3) is 0.889. The van der Waals surface area contributed by atoms with Gasteiger partial charge in [0.05, 0.1) is 6.04 Å². The van der Waals surface area contributed by atoms with Crippen LogP contribution in [0.5, 0.6) is 0 Å². The molecule has 2 N–H and O–H groups in total. The monoisotopic (exact) mass is 204 g/mol. The third kappa shape index (κ3) is 4.52. The molecular formula is C9H20N2OS. The number of nitrogens with zero attached hydrogens (tertiary/aromatic N) is 1. The summed E-state index contributed by atoms with van der Waals surface area (Å²) in [5.74, 6) is 1.22. The minimum Gasteiger partial charge on any atom is -0.344 e. The molecule has 0 unspecified atom stereocenters. The number of thioether (sulfide) groups is 1. The first-order chi connectivity index (χ1) is 6.00. The highest BCUT2D eigenvalue weighted by molar-refractivity contribution is 7.98. The van der Waals surface area contributed by atoms with Crippen LogP contribution in [0.2, 0.25) is 0 Å². The Balaban J connectivity index is 3.94. The average molecular weight is 204 g/mol. The fourth-order valence-corrected chi connectivity index (χ4v) is 1.33. The fourth-order valence-electron chi connectivity index (χ4n) is 0.878. The minimum atomic E-state index is -0.355. The quantitative estimate of drug-likeness (QED) is 0.720. The molecule has 78 valence electrons. The van der Waals surface area contributed by atoms with E-state index in [0.29, 0.717) is 0 Å². The number of amides is 1. The molecule has 0 fully saturated rings. The summed E-state index contributed by atoms with van der Waals surface area (Å²) >= 11 is 1.73. The van der Waals surface area contributed by atoms with Gasteiger partial charge in [-0.05, 0) is 12.2 Å². The molecule has 4 heteroatoms. The molecular weight excluding hydrogens is 184 g/mol. The molecule has 1 atom stereocenters. The van der Waals surface area contributed by atoms with E-state index < -0.39 is 0 Å². The molecule has 13 heavy (non-hydrogen) atoms. The molecule has 0 rings (SSSR count). The zero-order valence-electron chi connectivity index (χ0n) is 8.91. The van der Waals surface area contributed by atoms with E-state index in [0.717, 1.165) is 12.3 Å². The highest BCUT2D eigenvalue weighted by Gasteiger charge is 2.20. The zero-order chi connectivity index (χ0) is 10.4. The van der Waals surface area contributed by atoms with Crippen LogP contribution in [-0.4, -0.2) is 42.4 Å². The number of hydrogen-bond donors (Lipinski definition) is 1. The first kappa shape index (κ1) is 12.8. The minimum absolute atomic E-state index is 0.0454. The molecule has 0 aliphatic heterocycles. The molecule has 0 aromatic rings. The van der Waals surface area contributed by atoms with Crippen molar-refractivity contribution in [2.45, 2.75) is 19.9 Å². The van der Waals surface area contributed by atoms with E-state index in [2.05, 4.69) is 0 Å². The summed E-state index contributed by atoms with van der Waals surface area (Å²) in [6.07, 6.45) is 2.03. The highest BCUT2D eigenvalue weighted by atomic mass is 32.2. The molecule has 1 amide bonds. The van der Waals surface area contributed by atoms with Gasteiger partial charge in [0.15, 0.2) is 0 Å². The van der Waals surface area contributed by atoms with E-state index in [1.54, 1.807) is 23.7 Å². The van der Waals surface area contributed by atoms with Crippen LogP contribution in [-0.2, 0) is 4.79 Å². The number of carbonyl (C=O) groups excluding carboxylic acids is 1. The Morgan fingerprint density at radius 2 is 2.08 bits per heavy atom. The van der Waals surface area contributed by atoms with Gasteiger partial charge in [-0.3, -0.25) is 4.79 Å². The van der Waals surface area contributed by atoms with Gasteiger partial charge in [0.2, 0.25) is 5.91 Å². The van der Waals surface area contributed by atoms with E-state index in [9.17, 15) is 4.79 Å². The smallest absolute Gasteiger partial charge is 0.239 e. The first-order valence-electron chi connectivity index (χ1n) is 4.50. The maximum atomic E-state index is 11.6. The van der Waals surface area contributed by atoms with Gasteiger partial charge in [0.25, 0.3) is 0 Å². The Bertz CT molecular complexity index is 162. The van der Waals surface area contributed by atoms with Crippen LogP contribution in [0.15, 0.2) is 0 Å². The summed E-state index contributed by atoms with van der Waals surface area (Å²) in [6, 6.07) is -0.355. The van der Waals surface area contributed by atoms with Crippen molar-refractivity contribution in [1.82, 2.24) is 4.90 Å². The Hall–Kier alpha value is -0.220. The summed E-state index contributed by atoms with van der Waals surface area (Å²) < 4.78 is 0. The van der Waals surface area contributed by atoms with Crippen LogP contribution >= 0.6 is 11.8 Å². The Kier molecular flexibility index (Phi) is 6.16. The molecule has 0 bridgehead atoms. The van der Waals surface area contributed by atoms with Crippen molar-refractivity contribution in [3.63, 3.8) is 0 Å². The molecule has 0 aromatic carbocycles. The van der Waals surface area contributed by atoms with Gasteiger partial charge in [0.1, 0.15) is 0 Å². The van der Waals surface area contributed by atoms with Crippen molar-refractivity contribution in [3.8, 4) is 0 Å². The van der Waals surface area contributed by atoms with Crippen molar-refractivity contribution >= 4 is 17.7 Å². The molecule has 0 aliphatic rings. The summed E-state index contributed by atoms with van der Waals surface area (Å²) in [4.78, 5) is 13.3. The number of likely N-dealkylation sites (N-methyl/N-ethyl adjacent to an activating group) is 1. The maximum absolute atomic E-state index is 11.6. The number of hydrogen-bond acceptors (Lipinski definition) is 3. The number of carbonyl (C=O) groups is 1. The van der Waals surface area contributed by atoms with Crippen LogP contribution in [0.1, 0.15) is 13.8 Å². The lowest BCUT2D eigenvalue weighted by Crippen LogP contribution is -2.45. The molecule has 0 heterocycles. The van der Waals surface area contributed by atoms with Gasteiger partial charge in [-0.15, -0.1) is 0 Å². The predicted octanol–water partition coefficient (Wildman–Crippen LogP) is 0.791. The van der Waals surface area contributed by atoms with Gasteiger partial charge in [0, 0.05) is 19.3 Å². The summed E-state index contributed by atoms with van der Waals surface area (Å²) in [5.41, 5.74) is 5.73. The molecule has 0 spiro atoms. The Morgan fingerprint density at radius 3 is 2.46 bits per heavy atom. The van der Waals surface area contributed by atoms with Crippen molar-refractivity contribution in [3.05, 3.63) is 0 Å². The van der Waals surface area contributed by atoms with Crippen LogP contribution in [0.25, 0.3) is 0 Å². The topological polar surface area (TPSA) is 46.3 Å². The molecule has 0 saturated carbocycles. The predicted molar refractivity (Wildman–Crippen MR) is 58.8 cm³/mol. The van der Waals surface area contributed by atoms with E-state index in [1.807, 2.05) is 20.1 Å². The lowest BCUT2D eigenvalue weighted by atomic mass is 10.0. The molecule has 0 aromatic heterocycles. The Labute approximate surface area is 85.0 Å². The highest BCUT2D eigenvalue weighted by Crippen LogP contribution is 2.03. The standard InChI is InChI=1S/C9H20N2OS/c1-7(2)8(10)9(12)11(3)5-6-13-4/h7-8H,5-6,10H2,1-4H3/t8-/m1/s1. The number of nitrogens with two attached hydrogens (primary N) is 1. The summed E-state index contributed by atoms with van der Waals surface area (Å²) in [6.45, 7) is 4.70. The molecule has 3 nitrogen and oxygen atoms in total. The second-order valence-corrected chi connectivity index (χ2v) is 4.51. The van der Waals surface area contributed by atoms with Crippen molar-refractivity contribution < 1.29 is 4.79 Å². The van der Waals surface area contributed by atoms with Crippen LogP contribution < -0.4 is 5.73 Å². The molecule has 0 saturated heterocycles. The third-order valence-corrected chi connectivity index (χ3v) is 2.60. The van der Waals surface area contributed by atoms with E-state index in [-0.39, 0.29) is 17.9 Å². The van der Waals surface area contributed by atoms with Crippen LogP contribution in [0, 0.1) is 5.92 Å². The number of rotatable bonds is 5. The molecule has 0 aliphatic carbocycles. The maximum Gasteiger partial charge on any atom is 0.239 e. The van der Waals surface area contributed by atoms with Crippen LogP contribution in [0.4, 0.5) is 0 Å². The largest absolute Gasteiger partial charge is 0.344 e. The Morgan fingerprint density at radius 1 is 1.54 bits per heavy atom. The zero-order valence-corrected chi connectivity index (χ0v) is 9.73. The van der Waals surface area contributed by atoms with Gasteiger partial charge in [-0.2, -0.15) is 11.8 Å². The van der Waals surface area contributed by atoms with Crippen LogP contribution in [0.3, 0.4) is 0 Å². The average Bonchev–Trinajstić information content (AvgIpc) is 2.11.